The minimum absolute atomic E-state index is 0.0996. The van der Waals surface area contributed by atoms with Crippen LogP contribution in [0.1, 0.15) is 0 Å². The summed E-state index contributed by atoms with van der Waals surface area (Å²) in [5, 5.41) is 0. The second-order valence-electron chi connectivity index (χ2n) is 2.19. The van der Waals surface area contributed by atoms with Crippen molar-refractivity contribution in [3.63, 3.8) is 0 Å². The van der Waals surface area contributed by atoms with E-state index < -0.39 is 18.1 Å². The van der Waals surface area contributed by atoms with E-state index in [1.165, 1.54) is 0 Å². The maximum absolute atomic E-state index is 10.4. The monoisotopic (exact) mass is 160 g/mol. The first-order valence-corrected chi connectivity index (χ1v) is 2.92. The first kappa shape index (κ1) is 6.26. The van der Waals surface area contributed by atoms with Gasteiger partial charge >= 0.3 is 18.1 Å². The molecule has 6 nitrogen and oxygen atoms in total. The van der Waals surface area contributed by atoms with E-state index in [1.54, 1.807) is 0 Å². The Hall–Kier alpha value is -1.46. The first-order valence-electron chi connectivity index (χ1n) is 2.92. The van der Waals surface area contributed by atoms with E-state index in [0.29, 0.717) is 0 Å². The van der Waals surface area contributed by atoms with Gasteiger partial charge in [-0.1, -0.05) is 0 Å². The molecule has 6 heteroatoms. The van der Waals surface area contributed by atoms with Crippen molar-refractivity contribution in [3.8, 4) is 0 Å². The molecule has 0 aliphatic carbocycles. The van der Waals surface area contributed by atoms with Crippen molar-refractivity contribution in [3.05, 3.63) is 0 Å². The van der Waals surface area contributed by atoms with Crippen LogP contribution in [-0.4, -0.2) is 31.3 Å². The summed E-state index contributed by atoms with van der Waals surface area (Å²) in [5.74, 6) is -1.31. The third kappa shape index (κ3) is 0.866. The lowest BCUT2D eigenvalue weighted by Gasteiger charge is -2.11. The summed E-state index contributed by atoms with van der Waals surface area (Å²) in [6.45, 7) is -0.199. The van der Waals surface area contributed by atoms with Gasteiger partial charge in [0, 0.05) is 0 Å². The van der Waals surface area contributed by atoms with Crippen molar-refractivity contribution in [1.29, 1.82) is 0 Å². The van der Waals surface area contributed by atoms with Crippen molar-refractivity contribution in [2.75, 3.05) is 13.2 Å². The number of ether oxygens (including phenoxy) is 4. The van der Waals surface area contributed by atoms with Gasteiger partial charge < -0.3 is 18.9 Å². The summed E-state index contributed by atoms with van der Waals surface area (Å²) in [6, 6.07) is 0. The topological polar surface area (TPSA) is 71.1 Å². The molecule has 2 heterocycles. The summed E-state index contributed by atoms with van der Waals surface area (Å²) in [5.41, 5.74) is 0. The molecular formula is C5H4O6. The molecule has 2 rings (SSSR count). The second-order valence-corrected chi connectivity index (χ2v) is 2.19. The van der Waals surface area contributed by atoms with E-state index in [0.717, 1.165) is 0 Å². The molecule has 0 bridgehead atoms. The lowest BCUT2D eigenvalue weighted by Crippen LogP contribution is -2.34. The highest BCUT2D eigenvalue weighted by molar-refractivity contribution is 5.66. The fourth-order valence-corrected chi connectivity index (χ4v) is 0.881. The predicted molar refractivity (Wildman–Crippen MR) is 27.6 cm³/mol. The lowest BCUT2D eigenvalue weighted by atomic mass is 10.3. The predicted octanol–water partition coefficient (Wildman–Crippen LogP) is 0.0163. The molecule has 2 fully saturated rings. The highest BCUT2D eigenvalue weighted by Crippen LogP contribution is 2.27. The molecule has 0 unspecified atom stereocenters. The Morgan fingerprint density at radius 3 is 1.73 bits per heavy atom. The minimum atomic E-state index is -1.31. The SMILES string of the molecule is O=C1OCC2(COC(=O)O2)O1. The quantitative estimate of drug-likeness (QED) is 0.465. The molecule has 1 spiro atoms. The van der Waals surface area contributed by atoms with Gasteiger partial charge in [-0.3, -0.25) is 0 Å². The number of carbonyl (C=O) groups excluding carboxylic acids is 2. The van der Waals surface area contributed by atoms with Gasteiger partial charge in [0.2, 0.25) is 0 Å². The van der Waals surface area contributed by atoms with Crippen LogP contribution in [0.25, 0.3) is 0 Å². The highest BCUT2D eigenvalue weighted by Gasteiger charge is 2.52. The van der Waals surface area contributed by atoms with Crippen LogP contribution in [0, 0.1) is 0 Å². The van der Waals surface area contributed by atoms with Crippen LogP contribution in [0.2, 0.25) is 0 Å². The van der Waals surface area contributed by atoms with Crippen LogP contribution < -0.4 is 0 Å². The average molecular weight is 160 g/mol. The Morgan fingerprint density at radius 2 is 1.45 bits per heavy atom. The zero-order valence-electron chi connectivity index (χ0n) is 5.36. The molecule has 11 heavy (non-hydrogen) atoms. The number of hydrogen-bond donors (Lipinski definition) is 0. The summed E-state index contributed by atoms with van der Waals surface area (Å²) < 4.78 is 17.9. The van der Waals surface area contributed by atoms with Crippen molar-refractivity contribution in [2.24, 2.45) is 0 Å². The summed E-state index contributed by atoms with van der Waals surface area (Å²) in [4.78, 5) is 20.8. The maximum atomic E-state index is 10.4. The van der Waals surface area contributed by atoms with E-state index >= 15 is 0 Å². The molecule has 60 valence electrons. The molecule has 0 saturated carbocycles. The minimum Gasteiger partial charge on any atom is -0.426 e. The molecule has 0 aromatic carbocycles. The molecule has 0 aromatic rings. The Kier molecular flexibility index (Phi) is 1.01. The van der Waals surface area contributed by atoms with Gasteiger partial charge in [-0.15, -0.1) is 0 Å². The Balaban J connectivity index is 2.13. The van der Waals surface area contributed by atoms with E-state index in [4.69, 9.17) is 0 Å². The van der Waals surface area contributed by atoms with E-state index in [9.17, 15) is 9.59 Å². The number of rotatable bonds is 0. The normalized spacial score (nSPS) is 25.8. The van der Waals surface area contributed by atoms with Gasteiger partial charge in [-0.2, -0.15) is 0 Å². The average Bonchev–Trinajstić information content (AvgIpc) is 2.44. The Bertz CT molecular complexity index is 197. The lowest BCUT2D eigenvalue weighted by molar-refractivity contribution is -0.106. The third-order valence-electron chi connectivity index (χ3n) is 1.36. The summed E-state index contributed by atoms with van der Waals surface area (Å²) in [7, 11) is 0. The first-order chi connectivity index (χ1) is 5.20. The zero-order valence-corrected chi connectivity index (χ0v) is 5.36. The fourth-order valence-electron chi connectivity index (χ4n) is 0.881. The molecule has 2 aliphatic heterocycles. The number of carbonyl (C=O) groups is 2. The zero-order chi connectivity index (χ0) is 7.90. The number of hydrogen-bond acceptors (Lipinski definition) is 6. The van der Waals surface area contributed by atoms with Crippen LogP contribution in [0.5, 0.6) is 0 Å². The van der Waals surface area contributed by atoms with Crippen LogP contribution >= 0.6 is 0 Å². The van der Waals surface area contributed by atoms with Gasteiger partial charge in [0.05, 0.1) is 0 Å². The fraction of sp³-hybridized carbons (Fsp3) is 0.600. The van der Waals surface area contributed by atoms with Crippen LogP contribution in [0.4, 0.5) is 9.59 Å². The van der Waals surface area contributed by atoms with Crippen LogP contribution in [-0.2, 0) is 18.9 Å². The molecular weight excluding hydrogens is 156 g/mol. The summed E-state index contributed by atoms with van der Waals surface area (Å²) >= 11 is 0. The van der Waals surface area contributed by atoms with E-state index in [-0.39, 0.29) is 13.2 Å². The van der Waals surface area contributed by atoms with Crippen LogP contribution in [0.3, 0.4) is 0 Å². The van der Waals surface area contributed by atoms with Gasteiger partial charge in [-0.05, 0) is 0 Å². The van der Waals surface area contributed by atoms with Gasteiger partial charge in [0.1, 0.15) is 0 Å². The molecule has 0 radical (unpaired) electrons. The van der Waals surface area contributed by atoms with Gasteiger partial charge in [0.15, 0.2) is 13.2 Å². The molecule has 0 amide bonds. The smallest absolute Gasteiger partial charge is 0.426 e. The van der Waals surface area contributed by atoms with Crippen molar-refractivity contribution in [1.82, 2.24) is 0 Å². The van der Waals surface area contributed by atoms with E-state index in [1.807, 2.05) is 0 Å². The molecule has 2 saturated heterocycles. The highest BCUT2D eigenvalue weighted by atomic mass is 16.9. The van der Waals surface area contributed by atoms with Gasteiger partial charge in [0.25, 0.3) is 0 Å². The standard InChI is InChI=1S/C5H4O6/c6-3-8-1-5(10-3)2-9-4(7)11-5/h1-2H2. The largest absolute Gasteiger partial charge is 0.512 e. The Labute approximate surface area is 61.0 Å². The van der Waals surface area contributed by atoms with Crippen molar-refractivity contribution < 1.29 is 28.5 Å². The van der Waals surface area contributed by atoms with Crippen molar-refractivity contribution in [2.45, 2.75) is 5.79 Å². The molecule has 0 aromatic heterocycles. The molecule has 2 aliphatic rings. The molecule has 0 N–H and O–H groups in total. The summed E-state index contributed by atoms with van der Waals surface area (Å²) in [6.07, 6.45) is -1.69. The Morgan fingerprint density at radius 1 is 1.00 bits per heavy atom. The van der Waals surface area contributed by atoms with Crippen molar-refractivity contribution >= 4 is 12.3 Å². The van der Waals surface area contributed by atoms with Gasteiger partial charge in [-0.25, -0.2) is 9.59 Å². The second kappa shape index (κ2) is 1.77. The van der Waals surface area contributed by atoms with E-state index in [2.05, 4.69) is 18.9 Å². The molecule has 0 atom stereocenters. The van der Waals surface area contributed by atoms with Crippen LogP contribution in [0.15, 0.2) is 0 Å². The number of cyclic esters (lactones) is 2. The maximum Gasteiger partial charge on any atom is 0.512 e. The third-order valence-corrected chi connectivity index (χ3v) is 1.36.